The van der Waals surface area contributed by atoms with Crippen LogP contribution < -0.4 is 0 Å². The van der Waals surface area contributed by atoms with Crippen LogP contribution in [0.1, 0.15) is 43.6 Å². The Hall–Kier alpha value is -2.04. The number of likely N-dealkylation sites (N-methyl/N-ethyl adjacent to an activating group) is 1. The Labute approximate surface area is 130 Å². The van der Waals surface area contributed by atoms with Crippen LogP contribution in [0.15, 0.2) is 22.6 Å². The lowest BCUT2D eigenvalue weighted by Crippen LogP contribution is -2.26. The van der Waals surface area contributed by atoms with Crippen LogP contribution in [-0.2, 0) is 14.3 Å². The van der Waals surface area contributed by atoms with Gasteiger partial charge in [-0.3, -0.25) is 9.59 Å². The quantitative estimate of drug-likeness (QED) is 0.574. The van der Waals surface area contributed by atoms with Crippen LogP contribution in [0.3, 0.4) is 0 Å². The number of nitrogens with zero attached hydrogens (tertiary/aromatic N) is 1. The zero-order valence-electron chi connectivity index (χ0n) is 13.4. The van der Waals surface area contributed by atoms with Crippen LogP contribution in [0.2, 0.25) is 0 Å². The SMILES string of the molecule is COC(=O)CCCN(C)C(=O)/C=C\c1ccc([C@@H]2C[C@@H]2C)o1. The number of ether oxygens (including phenoxy) is 1. The maximum Gasteiger partial charge on any atom is 0.305 e. The van der Waals surface area contributed by atoms with Gasteiger partial charge in [0.05, 0.1) is 7.11 Å². The molecule has 2 atom stereocenters. The Balaban J connectivity index is 1.77. The Morgan fingerprint density at radius 2 is 2.18 bits per heavy atom. The first-order valence-corrected chi connectivity index (χ1v) is 7.61. The molecule has 5 nitrogen and oxygen atoms in total. The van der Waals surface area contributed by atoms with Crippen LogP contribution in [0.25, 0.3) is 6.08 Å². The summed E-state index contributed by atoms with van der Waals surface area (Å²) in [5.74, 6) is 2.58. The van der Waals surface area contributed by atoms with Gasteiger partial charge in [-0.25, -0.2) is 0 Å². The summed E-state index contributed by atoms with van der Waals surface area (Å²) in [6.07, 6.45) is 5.28. The lowest BCUT2D eigenvalue weighted by molar-refractivity contribution is -0.141. The van der Waals surface area contributed by atoms with Crippen molar-refractivity contribution in [3.63, 3.8) is 0 Å². The molecule has 5 heteroatoms. The zero-order chi connectivity index (χ0) is 16.1. The fourth-order valence-electron chi connectivity index (χ4n) is 2.33. The van der Waals surface area contributed by atoms with Crippen LogP contribution in [0.5, 0.6) is 0 Å². The average molecular weight is 305 g/mol. The molecule has 1 amide bonds. The predicted octanol–water partition coefficient (Wildman–Crippen LogP) is 2.83. The van der Waals surface area contributed by atoms with Crippen molar-refractivity contribution in [1.82, 2.24) is 4.90 Å². The third kappa shape index (κ3) is 4.48. The summed E-state index contributed by atoms with van der Waals surface area (Å²) in [6.45, 7) is 2.72. The van der Waals surface area contributed by atoms with Gasteiger partial charge in [0.1, 0.15) is 11.5 Å². The molecule has 1 saturated carbocycles. The molecule has 0 saturated heterocycles. The van der Waals surface area contributed by atoms with Gasteiger partial charge in [-0.1, -0.05) is 6.92 Å². The third-order valence-corrected chi connectivity index (χ3v) is 3.99. The summed E-state index contributed by atoms with van der Waals surface area (Å²) in [4.78, 5) is 24.5. The number of furan rings is 1. The number of esters is 1. The molecule has 1 aromatic rings. The van der Waals surface area contributed by atoms with E-state index in [9.17, 15) is 9.59 Å². The molecule has 0 N–H and O–H groups in total. The summed E-state index contributed by atoms with van der Waals surface area (Å²) >= 11 is 0. The number of carbonyl (C=O) groups excluding carboxylic acids is 2. The number of rotatable bonds is 7. The molecule has 0 aromatic carbocycles. The third-order valence-electron chi connectivity index (χ3n) is 3.99. The van der Waals surface area contributed by atoms with Gasteiger partial charge in [0.25, 0.3) is 0 Å². The molecule has 1 heterocycles. The van der Waals surface area contributed by atoms with Gasteiger partial charge < -0.3 is 14.1 Å². The summed E-state index contributed by atoms with van der Waals surface area (Å²) in [5, 5.41) is 0. The van der Waals surface area contributed by atoms with Crippen molar-refractivity contribution in [3.8, 4) is 0 Å². The van der Waals surface area contributed by atoms with Crippen molar-refractivity contribution in [3.05, 3.63) is 29.7 Å². The number of methoxy groups -OCH3 is 1. The van der Waals surface area contributed by atoms with Gasteiger partial charge in [-0.15, -0.1) is 0 Å². The molecule has 1 fully saturated rings. The summed E-state index contributed by atoms with van der Waals surface area (Å²) < 4.78 is 10.3. The summed E-state index contributed by atoms with van der Waals surface area (Å²) in [6, 6.07) is 3.87. The second-order valence-electron chi connectivity index (χ2n) is 5.83. The maximum atomic E-state index is 11.9. The summed E-state index contributed by atoms with van der Waals surface area (Å²) in [7, 11) is 3.07. The van der Waals surface area contributed by atoms with E-state index in [1.165, 1.54) is 19.6 Å². The number of amides is 1. The Kier molecular flexibility index (Phi) is 5.41. The predicted molar refractivity (Wildman–Crippen MR) is 83.2 cm³/mol. The van der Waals surface area contributed by atoms with Crippen molar-refractivity contribution < 1.29 is 18.7 Å². The fourth-order valence-corrected chi connectivity index (χ4v) is 2.33. The van der Waals surface area contributed by atoms with Crippen molar-refractivity contribution >= 4 is 18.0 Å². The van der Waals surface area contributed by atoms with Crippen molar-refractivity contribution in [2.75, 3.05) is 20.7 Å². The fraction of sp³-hybridized carbons (Fsp3) is 0.529. The zero-order valence-corrected chi connectivity index (χ0v) is 13.4. The van der Waals surface area contributed by atoms with Crippen molar-refractivity contribution in [2.45, 2.75) is 32.1 Å². The Morgan fingerprint density at radius 3 is 2.82 bits per heavy atom. The highest BCUT2D eigenvalue weighted by Crippen LogP contribution is 2.47. The Morgan fingerprint density at radius 1 is 1.45 bits per heavy atom. The van der Waals surface area contributed by atoms with Gasteiger partial charge in [0.15, 0.2) is 0 Å². The van der Waals surface area contributed by atoms with Crippen LogP contribution in [0, 0.1) is 5.92 Å². The minimum atomic E-state index is -0.256. The second-order valence-corrected chi connectivity index (χ2v) is 5.83. The lowest BCUT2D eigenvalue weighted by atomic mass is 10.3. The first-order chi connectivity index (χ1) is 10.5. The van der Waals surface area contributed by atoms with Crippen LogP contribution in [-0.4, -0.2) is 37.5 Å². The number of hydrogen-bond acceptors (Lipinski definition) is 4. The molecule has 0 unspecified atom stereocenters. The highest BCUT2D eigenvalue weighted by molar-refractivity contribution is 5.91. The molecule has 120 valence electrons. The molecule has 0 aliphatic heterocycles. The number of hydrogen-bond donors (Lipinski definition) is 0. The van der Waals surface area contributed by atoms with E-state index in [2.05, 4.69) is 11.7 Å². The highest BCUT2D eigenvalue weighted by Gasteiger charge is 2.36. The number of carbonyl (C=O) groups is 2. The minimum absolute atomic E-state index is 0.109. The average Bonchev–Trinajstić information content (AvgIpc) is 3.05. The second kappa shape index (κ2) is 7.29. The van der Waals surface area contributed by atoms with Crippen molar-refractivity contribution in [2.24, 2.45) is 5.92 Å². The molecule has 2 rings (SSSR count). The maximum absolute atomic E-state index is 11.9. The largest absolute Gasteiger partial charge is 0.469 e. The topological polar surface area (TPSA) is 59.8 Å². The molecule has 1 aromatic heterocycles. The molecule has 1 aliphatic carbocycles. The first-order valence-electron chi connectivity index (χ1n) is 7.61. The lowest BCUT2D eigenvalue weighted by Gasteiger charge is -2.14. The standard InChI is InChI=1S/C17H23NO4/c1-12-11-14(12)15-8-6-13(22-15)7-9-16(19)18(2)10-4-5-17(20)21-3/h6-9,12,14H,4-5,10-11H2,1-3H3/b9-7-/t12-,14+/m0/s1. The smallest absolute Gasteiger partial charge is 0.305 e. The van der Waals surface area contributed by atoms with Gasteiger partial charge >= 0.3 is 5.97 Å². The van der Waals surface area contributed by atoms with E-state index < -0.39 is 0 Å². The van der Waals surface area contributed by atoms with Crippen molar-refractivity contribution in [1.29, 1.82) is 0 Å². The molecular formula is C17H23NO4. The molecule has 22 heavy (non-hydrogen) atoms. The van der Waals surface area contributed by atoms with Gasteiger partial charge in [0.2, 0.25) is 5.91 Å². The van der Waals surface area contributed by atoms with E-state index in [1.54, 1.807) is 18.0 Å². The van der Waals surface area contributed by atoms with Crippen LogP contribution in [0.4, 0.5) is 0 Å². The van der Waals surface area contributed by atoms with Crippen LogP contribution >= 0.6 is 0 Å². The molecule has 0 bridgehead atoms. The normalized spacial score (nSPS) is 20.1. The minimum Gasteiger partial charge on any atom is -0.469 e. The van der Waals surface area contributed by atoms with E-state index in [0.717, 1.165) is 5.76 Å². The van der Waals surface area contributed by atoms with E-state index in [0.29, 0.717) is 37.0 Å². The highest BCUT2D eigenvalue weighted by atomic mass is 16.5. The van der Waals surface area contributed by atoms with Gasteiger partial charge in [0, 0.05) is 32.0 Å². The molecular weight excluding hydrogens is 282 g/mol. The van der Waals surface area contributed by atoms with E-state index in [-0.39, 0.29) is 11.9 Å². The molecule has 0 radical (unpaired) electrons. The van der Waals surface area contributed by atoms with Gasteiger partial charge in [-0.05, 0) is 37.0 Å². The summed E-state index contributed by atoms with van der Waals surface area (Å²) in [5.41, 5.74) is 0. The van der Waals surface area contributed by atoms with E-state index in [4.69, 9.17) is 4.42 Å². The Bertz CT molecular complexity index is 561. The molecule has 1 aliphatic rings. The molecule has 0 spiro atoms. The van der Waals surface area contributed by atoms with E-state index >= 15 is 0 Å². The monoisotopic (exact) mass is 305 g/mol. The first kappa shape index (κ1) is 16.3. The van der Waals surface area contributed by atoms with E-state index in [1.807, 2.05) is 12.1 Å². The van der Waals surface area contributed by atoms with Gasteiger partial charge in [-0.2, -0.15) is 0 Å².